The van der Waals surface area contributed by atoms with Crippen LogP contribution in [0.2, 0.25) is 0 Å². The molecule has 130 valence electrons. The molecule has 3 aromatic rings. The van der Waals surface area contributed by atoms with Crippen LogP contribution in [0.1, 0.15) is 21.3 Å². The van der Waals surface area contributed by atoms with Gasteiger partial charge in [-0.25, -0.2) is 4.79 Å². The quantitative estimate of drug-likeness (QED) is 0.556. The number of allylic oxidation sites excluding steroid dienone is 1. The van der Waals surface area contributed by atoms with Crippen LogP contribution in [-0.4, -0.2) is 39.1 Å². The summed E-state index contributed by atoms with van der Waals surface area (Å²) in [7, 11) is 1.26. The summed E-state index contributed by atoms with van der Waals surface area (Å²) in [5, 5.41) is 16.2. The van der Waals surface area contributed by atoms with Crippen molar-refractivity contribution in [1.82, 2.24) is 20.2 Å². The van der Waals surface area contributed by atoms with Gasteiger partial charge in [-0.15, -0.1) is 11.3 Å². The van der Waals surface area contributed by atoms with Crippen molar-refractivity contribution in [3.8, 4) is 0 Å². The number of Topliss-reactive ketones (excluding diaryl/α,β-unsaturated/α-hetero) is 1. The zero-order valence-corrected chi connectivity index (χ0v) is 14.4. The van der Waals surface area contributed by atoms with Gasteiger partial charge in [-0.3, -0.25) is 4.79 Å². The van der Waals surface area contributed by atoms with Crippen molar-refractivity contribution in [2.75, 3.05) is 12.4 Å². The topological polar surface area (TPSA) is 99.0 Å². The highest BCUT2D eigenvalue weighted by Gasteiger charge is 2.38. The largest absolute Gasteiger partial charge is 0.464 e. The Balaban J connectivity index is 1.96. The number of thiophene rings is 1. The van der Waals surface area contributed by atoms with Crippen LogP contribution in [0.5, 0.6) is 0 Å². The molecule has 0 aliphatic carbocycles. The van der Waals surface area contributed by atoms with E-state index >= 15 is 0 Å². The third-order valence-corrected chi connectivity index (χ3v) is 4.88. The molecular formula is C17H13N5O3S. The van der Waals surface area contributed by atoms with E-state index in [1.807, 2.05) is 35.7 Å². The number of rotatable bonds is 4. The van der Waals surface area contributed by atoms with Crippen LogP contribution in [-0.2, 0) is 9.53 Å². The van der Waals surface area contributed by atoms with Gasteiger partial charge in [0, 0.05) is 0 Å². The number of ether oxygens (including phenoxy) is 1. The highest BCUT2D eigenvalue weighted by molar-refractivity contribution is 7.12. The first kappa shape index (κ1) is 16.2. The van der Waals surface area contributed by atoms with Crippen molar-refractivity contribution >= 4 is 29.0 Å². The second-order valence-corrected chi connectivity index (χ2v) is 6.42. The minimum atomic E-state index is -0.653. The fraction of sp³-hybridized carbons (Fsp3) is 0.118. The summed E-state index contributed by atoms with van der Waals surface area (Å²) in [6.07, 6.45) is 0. The van der Waals surface area contributed by atoms with Crippen LogP contribution >= 0.6 is 11.3 Å². The summed E-state index contributed by atoms with van der Waals surface area (Å²) in [6.45, 7) is 0. The zero-order valence-electron chi connectivity index (χ0n) is 13.6. The van der Waals surface area contributed by atoms with E-state index in [4.69, 9.17) is 4.74 Å². The van der Waals surface area contributed by atoms with Gasteiger partial charge >= 0.3 is 5.97 Å². The van der Waals surface area contributed by atoms with E-state index in [2.05, 4.69) is 20.8 Å². The summed E-state index contributed by atoms with van der Waals surface area (Å²) in [4.78, 5) is 26.1. The minimum Gasteiger partial charge on any atom is -0.464 e. The number of carbonyl (C=O) groups excluding carboxylic acids is 2. The van der Waals surface area contributed by atoms with Crippen LogP contribution in [0, 0.1) is 0 Å². The lowest BCUT2D eigenvalue weighted by Gasteiger charge is -2.27. The molecule has 0 radical (unpaired) electrons. The Hall–Kier alpha value is -3.33. The third-order valence-electron chi connectivity index (χ3n) is 4.01. The number of benzene rings is 1. The number of nitrogens with zero attached hydrogens (tertiary/aromatic N) is 4. The van der Waals surface area contributed by atoms with E-state index in [0.717, 1.165) is 5.56 Å². The summed E-state index contributed by atoms with van der Waals surface area (Å²) in [5.74, 6) is -0.662. The first-order chi connectivity index (χ1) is 12.7. The predicted octanol–water partition coefficient (Wildman–Crippen LogP) is 2.06. The molecule has 3 heterocycles. The standard InChI is InChI=1S/C17H13N5O3S/c1-25-16(24)13-12(15(23)11-8-5-9-26-11)14(10-6-3-2-4-7-10)22-17(18-13)19-20-21-22/h2-9,14H,1H3,(H,18,19,21)/t14-/m1/s1. The van der Waals surface area contributed by atoms with Crippen LogP contribution in [0.4, 0.5) is 5.95 Å². The fourth-order valence-electron chi connectivity index (χ4n) is 2.87. The Morgan fingerprint density at radius 1 is 1.19 bits per heavy atom. The van der Waals surface area contributed by atoms with Gasteiger partial charge in [-0.05, 0) is 27.4 Å². The van der Waals surface area contributed by atoms with Gasteiger partial charge in [-0.2, -0.15) is 4.68 Å². The van der Waals surface area contributed by atoms with E-state index in [9.17, 15) is 9.59 Å². The van der Waals surface area contributed by atoms with Crippen LogP contribution in [0.25, 0.3) is 0 Å². The molecule has 4 rings (SSSR count). The molecule has 8 nitrogen and oxygen atoms in total. The molecular weight excluding hydrogens is 354 g/mol. The number of fused-ring (bicyclic) bond motifs is 1. The molecule has 9 heteroatoms. The highest BCUT2D eigenvalue weighted by Crippen LogP contribution is 2.36. The minimum absolute atomic E-state index is 0.0436. The molecule has 1 atom stereocenters. The number of hydrogen-bond acceptors (Lipinski definition) is 8. The maximum Gasteiger partial charge on any atom is 0.355 e. The lowest BCUT2D eigenvalue weighted by molar-refractivity contribution is -0.136. The Labute approximate surface area is 152 Å². The second kappa shape index (κ2) is 6.52. The van der Waals surface area contributed by atoms with Crippen molar-refractivity contribution in [3.05, 3.63) is 69.6 Å². The SMILES string of the molecule is COC(=O)C1=C(C(=O)c2cccs2)[C@@H](c2ccccc2)n2nnnc2N1. The third kappa shape index (κ3) is 2.58. The average molecular weight is 367 g/mol. The van der Waals surface area contributed by atoms with Crippen molar-refractivity contribution in [1.29, 1.82) is 0 Å². The van der Waals surface area contributed by atoms with Gasteiger partial charge in [0.15, 0.2) is 0 Å². The van der Waals surface area contributed by atoms with Crippen molar-refractivity contribution in [2.24, 2.45) is 0 Å². The lowest BCUT2D eigenvalue weighted by atomic mass is 9.91. The van der Waals surface area contributed by atoms with E-state index in [1.165, 1.54) is 23.1 Å². The normalized spacial score (nSPS) is 16.0. The van der Waals surface area contributed by atoms with Gasteiger partial charge in [0.2, 0.25) is 11.7 Å². The lowest BCUT2D eigenvalue weighted by Crippen LogP contribution is -2.32. The number of carbonyl (C=O) groups is 2. The highest BCUT2D eigenvalue weighted by atomic mass is 32.1. The number of nitrogens with one attached hydrogen (secondary N) is 1. The van der Waals surface area contributed by atoms with Crippen LogP contribution in [0.3, 0.4) is 0 Å². The van der Waals surface area contributed by atoms with E-state index in [0.29, 0.717) is 4.88 Å². The maximum atomic E-state index is 13.2. The Kier molecular flexibility index (Phi) is 4.05. The van der Waals surface area contributed by atoms with Gasteiger partial charge in [0.05, 0.1) is 17.6 Å². The molecule has 1 aliphatic rings. The first-order valence-electron chi connectivity index (χ1n) is 7.71. The van der Waals surface area contributed by atoms with Crippen molar-refractivity contribution in [3.63, 3.8) is 0 Å². The molecule has 26 heavy (non-hydrogen) atoms. The number of aromatic nitrogens is 4. The van der Waals surface area contributed by atoms with E-state index in [1.54, 1.807) is 12.1 Å². The summed E-state index contributed by atoms with van der Waals surface area (Å²) >= 11 is 1.30. The fourth-order valence-corrected chi connectivity index (χ4v) is 3.55. The van der Waals surface area contributed by atoms with Crippen molar-refractivity contribution in [2.45, 2.75) is 6.04 Å². The number of hydrogen-bond donors (Lipinski definition) is 1. The van der Waals surface area contributed by atoms with Crippen LogP contribution in [0.15, 0.2) is 59.1 Å². The number of methoxy groups -OCH3 is 1. The van der Waals surface area contributed by atoms with Gasteiger partial charge in [0.25, 0.3) is 0 Å². The molecule has 0 unspecified atom stereocenters. The molecule has 0 bridgehead atoms. The number of esters is 1. The molecule has 0 fully saturated rings. The smallest absolute Gasteiger partial charge is 0.355 e. The summed E-state index contributed by atoms with van der Waals surface area (Å²) in [5.41, 5.74) is 1.07. The maximum absolute atomic E-state index is 13.2. The molecule has 0 saturated carbocycles. The molecule has 0 amide bonds. The molecule has 1 aliphatic heterocycles. The van der Waals surface area contributed by atoms with Gasteiger partial charge < -0.3 is 10.1 Å². The predicted molar refractivity (Wildman–Crippen MR) is 93.7 cm³/mol. The number of ketones is 1. The summed E-state index contributed by atoms with van der Waals surface area (Å²) < 4.78 is 6.37. The number of anilines is 1. The van der Waals surface area contributed by atoms with Gasteiger partial charge in [-0.1, -0.05) is 41.5 Å². The average Bonchev–Trinajstić information content (AvgIpc) is 3.37. The van der Waals surface area contributed by atoms with Crippen molar-refractivity contribution < 1.29 is 14.3 Å². The van der Waals surface area contributed by atoms with Crippen LogP contribution < -0.4 is 5.32 Å². The Morgan fingerprint density at radius 2 is 2.00 bits per heavy atom. The molecule has 2 aromatic heterocycles. The molecule has 1 aromatic carbocycles. The zero-order chi connectivity index (χ0) is 18.1. The molecule has 0 spiro atoms. The van der Waals surface area contributed by atoms with E-state index < -0.39 is 12.0 Å². The Morgan fingerprint density at radius 3 is 2.69 bits per heavy atom. The van der Waals surface area contributed by atoms with Gasteiger partial charge in [0.1, 0.15) is 11.7 Å². The molecule has 1 N–H and O–H groups in total. The van der Waals surface area contributed by atoms with E-state index in [-0.39, 0.29) is 23.0 Å². The monoisotopic (exact) mass is 367 g/mol. The Bertz CT molecular complexity index is 995. The second-order valence-electron chi connectivity index (χ2n) is 5.47. The summed E-state index contributed by atoms with van der Waals surface area (Å²) in [6, 6.07) is 12.1. The molecule has 0 saturated heterocycles. The number of tetrazole rings is 1. The first-order valence-corrected chi connectivity index (χ1v) is 8.59.